The molecule has 170 valence electrons. The molecule has 0 saturated carbocycles. The number of rotatable bonds is 5. The third-order valence-corrected chi connectivity index (χ3v) is 7.74. The lowest BCUT2D eigenvalue weighted by molar-refractivity contribution is -0.116. The lowest BCUT2D eigenvalue weighted by Crippen LogP contribution is -2.36. The predicted molar refractivity (Wildman–Crippen MR) is 135 cm³/mol. The van der Waals surface area contributed by atoms with Crippen LogP contribution in [0.4, 0.5) is 5.69 Å². The molecule has 0 bridgehead atoms. The van der Waals surface area contributed by atoms with Crippen molar-refractivity contribution in [1.29, 1.82) is 0 Å². The molecule has 0 aliphatic carbocycles. The number of aliphatic imine (C=N–C) groups is 1. The number of amidine groups is 1. The molecule has 0 N–H and O–H groups in total. The van der Waals surface area contributed by atoms with Crippen LogP contribution in [0.5, 0.6) is 0 Å². The predicted octanol–water partition coefficient (Wildman–Crippen LogP) is 4.31. The summed E-state index contributed by atoms with van der Waals surface area (Å²) in [6, 6.07) is 11.2. The van der Waals surface area contributed by atoms with Crippen LogP contribution in [0, 0.1) is 13.8 Å². The third kappa shape index (κ3) is 4.14. The second-order valence-electron chi connectivity index (χ2n) is 7.81. The summed E-state index contributed by atoms with van der Waals surface area (Å²) < 4.78 is 3.25. The van der Waals surface area contributed by atoms with Crippen LogP contribution in [0.25, 0.3) is 11.8 Å². The van der Waals surface area contributed by atoms with E-state index in [0.29, 0.717) is 16.5 Å². The third-order valence-electron chi connectivity index (χ3n) is 5.60. The van der Waals surface area contributed by atoms with Crippen LogP contribution in [0.3, 0.4) is 0 Å². The Kier molecular flexibility index (Phi) is 6.27. The summed E-state index contributed by atoms with van der Waals surface area (Å²) in [6.07, 6.45) is 1.75. The smallest absolute Gasteiger partial charge is 0.296 e. The zero-order valence-corrected chi connectivity index (χ0v) is 20.7. The molecular weight excluding hydrogens is 456 g/mol. The fraction of sp³-hybridized carbons (Fsp3) is 0.250. The summed E-state index contributed by atoms with van der Waals surface area (Å²) >= 11 is 2.70. The number of thiophene rings is 1. The number of hydrogen-bond acceptors (Lipinski definition) is 6. The molecule has 1 aliphatic rings. The number of Topliss-reactive ketones (excluding diaryl/α,β-unsaturated/α-hetero) is 1. The highest BCUT2D eigenvalue weighted by Crippen LogP contribution is 2.33. The van der Waals surface area contributed by atoms with Gasteiger partial charge in [0.25, 0.3) is 11.5 Å². The Balaban J connectivity index is 1.87. The molecule has 1 aromatic carbocycles. The highest BCUT2D eigenvalue weighted by atomic mass is 32.2. The lowest BCUT2D eigenvalue weighted by Gasteiger charge is -2.18. The number of amides is 1. The number of thioether (sulfide) groups is 1. The average Bonchev–Trinajstić information content (AvgIpc) is 3.38. The van der Waals surface area contributed by atoms with Crippen LogP contribution in [0.1, 0.15) is 30.0 Å². The fourth-order valence-corrected chi connectivity index (χ4v) is 5.25. The summed E-state index contributed by atoms with van der Waals surface area (Å²) in [5, 5.41) is 1.87. The highest BCUT2D eigenvalue weighted by Gasteiger charge is 2.38. The molecule has 1 amide bonds. The van der Waals surface area contributed by atoms with Gasteiger partial charge in [0, 0.05) is 11.9 Å². The van der Waals surface area contributed by atoms with E-state index in [1.54, 1.807) is 31.7 Å². The van der Waals surface area contributed by atoms with E-state index < -0.39 is 5.25 Å². The number of carbonyl (C=O) groups is 2. The number of anilines is 1. The Labute approximate surface area is 200 Å². The zero-order valence-electron chi connectivity index (χ0n) is 19.0. The minimum Gasteiger partial charge on any atom is -0.299 e. The summed E-state index contributed by atoms with van der Waals surface area (Å²) in [5.41, 5.74) is 2.51. The Morgan fingerprint density at radius 2 is 1.85 bits per heavy atom. The van der Waals surface area contributed by atoms with Crippen molar-refractivity contribution >= 4 is 51.7 Å². The van der Waals surface area contributed by atoms with Gasteiger partial charge in [-0.15, -0.1) is 11.3 Å². The molecule has 1 atom stereocenters. The summed E-state index contributed by atoms with van der Waals surface area (Å²) in [4.78, 5) is 46.0. The van der Waals surface area contributed by atoms with Crippen molar-refractivity contribution in [3.8, 4) is 5.69 Å². The van der Waals surface area contributed by atoms with Crippen molar-refractivity contribution in [2.24, 2.45) is 12.0 Å². The Hall–Kier alpha value is -3.17. The number of carbonyl (C=O) groups excluding carboxylic acids is 2. The van der Waals surface area contributed by atoms with E-state index in [1.165, 1.54) is 39.6 Å². The second kappa shape index (κ2) is 8.99. The molecule has 0 saturated heterocycles. The SMILES string of the molecule is CC(=O)C(C)SC1=N/C(=C\c2sccc2C)C(=O)N1c1c(C)n(C)n(-c2ccccc2)c1=O. The van der Waals surface area contributed by atoms with E-state index >= 15 is 0 Å². The molecular formula is C24H24N4O3S2. The minimum atomic E-state index is -0.415. The maximum atomic E-state index is 13.6. The first kappa shape index (κ1) is 23.0. The molecule has 7 nitrogen and oxygen atoms in total. The molecule has 3 heterocycles. The van der Waals surface area contributed by atoms with Gasteiger partial charge in [-0.05, 0) is 62.9 Å². The lowest BCUT2D eigenvalue weighted by atomic mass is 10.2. The van der Waals surface area contributed by atoms with E-state index in [4.69, 9.17) is 0 Å². The second-order valence-corrected chi connectivity index (χ2v) is 10.1. The number of ketones is 1. The molecule has 33 heavy (non-hydrogen) atoms. The molecule has 1 unspecified atom stereocenters. The van der Waals surface area contributed by atoms with E-state index in [2.05, 4.69) is 4.99 Å². The number of hydrogen-bond donors (Lipinski definition) is 0. The Bertz CT molecular complexity index is 1360. The summed E-state index contributed by atoms with van der Waals surface area (Å²) in [6.45, 7) is 7.03. The molecule has 0 fully saturated rings. The van der Waals surface area contributed by atoms with Gasteiger partial charge in [-0.1, -0.05) is 30.0 Å². The van der Waals surface area contributed by atoms with Crippen molar-refractivity contribution in [1.82, 2.24) is 9.36 Å². The normalized spacial score (nSPS) is 15.9. The van der Waals surface area contributed by atoms with Gasteiger partial charge in [-0.2, -0.15) is 0 Å². The van der Waals surface area contributed by atoms with Crippen molar-refractivity contribution < 1.29 is 9.59 Å². The van der Waals surface area contributed by atoms with Gasteiger partial charge in [0.15, 0.2) is 5.17 Å². The molecule has 1 aliphatic heterocycles. The summed E-state index contributed by atoms with van der Waals surface area (Å²) in [7, 11) is 1.78. The van der Waals surface area contributed by atoms with Crippen LogP contribution < -0.4 is 10.5 Å². The maximum absolute atomic E-state index is 13.6. The van der Waals surface area contributed by atoms with Crippen LogP contribution in [0.15, 0.2) is 57.3 Å². The number of aromatic nitrogens is 2. The fourth-order valence-electron chi connectivity index (χ4n) is 3.48. The van der Waals surface area contributed by atoms with E-state index in [9.17, 15) is 14.4 Å². The minimum absolute atomic E-state index is 0.0342. The van der Waals surface area contributed by atoms with Gasteiger partial charge in [0.1, 0.15) is 17.2 Å². The Morgan fingerprint density at radius 3 is 2.45 bits per heavy atom. The van der Waals surface area contributed by atoms with Gasteiger partial charge in [0.2, 0.25) is 0 Å². The zero-order chi connectivity index (χ0) is 23.9. The van der Waals surface area contributed by atoms with E-state index in [-0.39, 0.29) is 28.6 Å². The van der Waals surface area contributed by atoms with Crippen LogP contribution in [-0.2, 0) is 16.6 Å². The summed E-state index contributed by atoms with van der Waals surface area (Å²) in [5.74, 6) is -0.417. The van der Waals surface area contributed by atoms with E-state index in [0.717, 1.165) is 10.4 Å². The molecule has 3 aromatic rings. The standard InChI is InChI=1S/C24H24N4O3S2/c1-14-11-12-32-20(14)13-19-22(30)27(24(25-19)33-17(4)16(3)29)21-15(2)26(5)28(23(21)31)18-9-7-6-8-10-18/h6-13,17H,1-5H3/b19-13-. The molecule has 4 rings (SSSR count). The number of nitrogens with zero attached hydrogens (tertiary/aromatic N) is 4. The van der Waals surface area contributed by atoms with Gasteiger partial charge < -0.3 is 0 Å². The van der Waals surface area contributed by atoms with Crippen molar-refractivity contribution in [3.05, 3.63) is 74.0 Å². The molecule has 0 spiro atoms. The van der Waals surface area contributed by atoms with Crippen molar-refractivity contribution in [2.45, 2.75) is 32.9 Å². The molecule has 9 heteroatoms. The van der Waals surface area contributed by atoms with Gasteiger partial charge in [0.05, 0.1) is 16.6 Å². The number of benzene rings is 1. The van der Waals surface area contributed by atoms with Gasteiger partial charge >= 0.3 is 0 Å². The first-order valence-corrected chi connectivity index (χ1v) is 12.2. The topological polar surface area (TPSA) is 76.7 Å². The van der Waals surface area contributed by atoms with Gasteiger partial charge in [-0.25, -0.2) is 14.6 Å². The van der Waals surface area contributed by atoms with E-state index in [1.807, 2.05) is 48.7 Å². The maximum Gasteiger partial charge on any atom is 0.296 e. The monoisotopic (exact) mass is 480 g/mol. The average molecular weight is 481 g/mol. The first-order chi connectivity index (χ1) is 15.7. The van der Waals surface area contributed by atoms with Crippen LogP contribution in [0.2, 0.25) is 0 Å². The molecule has 2 aromatic heterocycles. The number of aryl methyl sites for hydroxylation is 1. The quantitative estimate of drug-likeness (QED) is 0.510. The van der Waals surface area contributed by atoms with Gasteiger partial charge in [-0.3, -0.25) is 19.1 Å². The highest BCUT2D eigenvalue weighted by molar-refractivity contribution is 8.15. The van der Waals surface area contributed by atoms with Crippen molar-refractivity contribution in [2.75, 3.05) is 4.90 Å². The molecule has 0 radical (unpaired) electrons. The largest absolute Gasteiger partial charge is 0.299 e. The van der Waals surface area contributed by atoms with Crippen molar-refractivity contribution in [3.63, 3.8) is 0 Å². The first-order valence-electron chi connectivity index (χ1n) is 10.4. The number of para-hydroxylation sites is 1. The van der Waals surface area contributed by atoms with Crippen LogP contribution >= 0.6 is 23.1 Å². The Morgan fingerprint density at radius 1 is 1.15 bits per heavy atom. The van der Waals surface area contributed by atoms with Crippen LogP contribution in [-0.4, -0.2) is 31.5 Å².